The Bertz CT molecular complexity index is 869. The maximum Gasteiger partial charge on any atom is 0.509 e. The Morgan fingerprint density at radius 1 is 1.21 bits per heavy atom. The van der Waals surface area contributed by atoms with E-state index in [1.807, 2.05) is 6.92 Å². The van der Waals surface area contributed by atoms with E-state index in [1.54, 1.807) is 19.9 Å². The summed E-state index contributed by atoms with van der Waals surface area (Å²) < 4.78 is 28.7. The number of esters is 1. The third-order valence-corrected chi connectivity index (χ3v) is 9.12. The van der Waals surface area contributed by atoms with Gasteiger partial charge in [-0.15, -0.1) is 0 Å². The largest absolute Gasteiger partial charge is 0.509 e. The summed E-state index contributed by atoms with van der Waals surface area (Å²) in [5.74, 6) is -0.784. The average molecular weight is 467 g/mol. The van der Waals surface area contributed by atoms with Crippen LogP contribution in [0.3, 0.4) is 0 Å². The molecule has 33 heavy (non-hydrogen) atoms. The van der Waals surface area contributed by atoms with Gasteiger partial charge in [0.05, 0.1) is 12.2 Å². The van der Waals surface area contributed by atoms with E-state index in [4.69, 9.17) is 14.2 Å². The molecule has 1 N–H and O–H groups in total. The molecule has 0 unspecified atom stereocenters. The molecule has 3 fully saturated rings. The van der Waals surface area contributed by atoms with Crippen molar-refractivity contribution in [2.45, 2.75) is 90.4 Å². The van der Waals surface area contributed by atoms with E-state index in [1.165, 1.54) is 0 Å². The first-order valence-electron chi connectivity index (χ1n) is 12.0. The Morgan fingerprint density at radius 3 is 2.61 bits per heavy atom. The minimum Gasteiger partial charge on any atom is -0.432 e. The molecule has 0 radical (unpaired) electrons. The molecule has 0 aromatic heterocycles. The maximum atomic E-state index is 13.1. The normalized spacial score (nSPS) is 42.0. The van der Waals surface area contributed by atoms with Gasteiger partial charge in [-0.3, -0.25) is 4.79 Å². The van der Waals surface area contributed by atoms with E-state index in [-0.39, 0.29) is 41.8 Å². The molecule has 4 aliphatic carbocycles. The highest BCUT2D eigenvalue weighted by Gasteiger charge is 2.71. The summed E-state index contributed by atoms with van der Waals surface area (Å²) in [4.78, 5) is 37.7. The monoisotopic (exact) mass is 466 g/mol. The summed E-state index contributed by atoms with van der Waals surface area (Å²) in [7, 11) is 0. The smallest absolute Gasteiger partial charge is 0.432 e. The van der Waals surface area contributed by atoms with Crippen molar-refractivity contribution >= 4 is 17.9 Å². The van der Waals surface area contributed by atoms with E-state index >= 15 is 0 Å². The predicted octanol–water partition coefficient (Wildman–Crippen LogP) is 4.26. The number of aliphatic hydroxyl groups excluding tert-OH is 1. The van der Waals surface area contributed by atoms with Crippen LogP contribution in [0.25, 0.3) is 0 Å². The third-order valence-electron chi connectivity index (χ3n) is 9.12. The molecular formula is C25H35FO7. The third kappa shape index (κ3) is 3.60. The molecule has 0 aromatic carbocycles. The zero-order valence-electron chi connectivity index (χ0n) is 19.9. The first kappa shape index (κ1) is 24.2. The van der Waals surface area contributed by atoms with Crippen molar-refractivity contribution in [1.29, 1.82) is 0 Å². The molecule has 7 nitrogen and oxygen atoms in total. The van der Waals surface area contributed by atoms with Crippen molar-refractivity contribution in [2.75, 3.05) is 6.86 Å². The van der Waals surface area contributed by atoms with Gasteiger partial charge in [0.25, 0.3) is 0 Å². The van der Waals surface area contributed by atoms with Crippen LogP contribution in [0.2, 0.25) is 0 Å². The summed E-state index contributed by atoms with van der Waals surface area (Å²) >= 11 is 0. The first-order chi connectivity index (χ1) is 15.5. The van der Waals surface area contributed by atoms with Crippen molar-refractivity contribution in [3.63, 3.8) is 0 Å². The van der Waals surface area contributed by atoms with Crippen LogP contribution < -0.4 is 0 Å². The van der Waals surface area contributed by atoms with E-state index in [0.29, 0.717) is 19.3 Å². The Labute approximate surface area is 194 Å². The van der Waals surface area contributed by atoms with Gasteiger partial charge in [0, 0.05) is 11.8 Å². The highest BCUT2D eigenvalue weighted by atomic mass is 19.1. The molecule has 0 spiro atoms. The molecule has 3 saturated carbocycles. The maximum absolute atomic E-state index is 13.1. The molecule has 4 aliphatic rings. The second-order valence-corrected chi connectivity index (χ2v) is 11.0. The number of carbonyl (C=O) groups is 3. The number of alkyl halides is 1. The number of carbonyl (C=O) groups excluding carboxylic acids is 3. The van der Waals surface area contributed by atoms with Gasteiger partial charge in [-0.2, -0.15) is 0 Å². The lowest BCUT2D eigenvalue weighted by atomic mass is 9.45. The van der Waals surface area contributed by atoms with Crippen LogP contribution in [-0.4, -0.2) is 47.7 Å². The lowest BCUT2D eigenvalue weighted by Gasteiger charge is -2.60. The van der Waals surface area contributed by atoms with Gasteiger partial charge in [0.1, 0.15) is 0 Å². The molecule has 0 amide bonds. The van der Waals surface area contributed by atoms with Gasteiger partial charge in [-0.05, 0) is 81.6 Å². The van der Waals surface area contributed by atoms with Crippen molar-refractivity contribution < 1.29 is 38.1 Å². The van der Waals surface area contributed by atoms with Crippen LogP contribution >= 0.6 is 0 Å². The Morgan fingerprint density at radius 2 is 1.94 bits per heavy atom. The van der Waals surface area contributed by atoms with Crippen LogP contribution in [-0.2, 0) is 23.8 Å². The van der Waals surface area contributed by atoms with E-state index in [0.717, 1.165) is 18.4 Å². The number of rotatable bonds is 4. The fourth-order valence-electron chi connectivity index (χ4n) is 7.74. The molecule has 0 aliphatic heterocycles. The molecular weight excluding hydrogens is 431 g/mol. The van der Waals surface area contributed by atoms with Gasteiger partial charge in [0.15, 0.2) is 5.78 Å². The van der Waals surface area contributed by atoms with Gasteiger partial charge in [-0.25, -0.2) is 14.0 Å². The molecule has 0 bridgehead atoms. The number of fused-ring (bicyclic) bond motifs is 5. The number of ether oxygens (including phenoxy) is 3. The van der Waals surface area contributed by atoms with Crippen LogP contribution in [0.15, 0.2) is 11.6 Å². The lowest BCUT2D eigenvalue weighted by Crippen LogP contribution is -2.63. The van der Waals surface area contributed by atoms with Crippen molar-refractivity contribution in [2.24, 2.45) is 28.6 Å². The van der Waals surface area contributed by atoms with Gasteiger partial charge < -0.3 is 19.3 Å². The lowest BCUT2D eigenvalue weighted by molar-refractivity contribution is -0.206. The predicted molar refractivity (Wildman–Crippen MR) is 116 cm³/mol. The molecule has 8 heteroatoms. The van der Waals surface area contributed by atoms with E-state index in [2.05, 4.69) is 6.92 Å². The second kappa shape index (κ2) is 8.36. The van der Waals surface area contributed by atoms with Gasteiger partial charge in [-0.1, -0.05) is 19.4 Å². The number of hydrogen-bond acceptors (Lipinski definition) is 7. The van der Waals surface area contributed by atoms with Crippen molar-refractivity contribution in [1.82, 2.24) is 0 Å². The zero-order chi connectivity index (χ0) is 24.2. The SMILES string of the molecule is CC(C)OC(=O)O[C@]1(C(=O)OCF)CC[C@H]2[C@@H]3CCC4=CC(=O)CC[C@]4(C)[C@H]3[C@@H](O)C[C@@]21C. The summed E-state index contributed by atoms with van der Waals surface area (Å²) in [6, 6.07) is 0. The fourth-order valence-corrected chi connectivity index (χ4v) is 7.74. The number of halogens is 1. The van der Waals surface area contributed by atoms with Crippen LogP contribution in [0, 0.1) is 28.6 Å². The van der Waals surface area contributed by atoms with Gasteiger partial charge in [0.2, 0.25) is 12.5 Å². The molecule has 7 atom stereocenters. The van der Waals surface area contributed by atoms with Gasteiger partial charge >= 0.3 is 12.1 Å². The highest BCUT2D eigenvalue weighted by Crippen LogP contribution is 2.68. The minimum absolute atomic E-state index is 0.0269. The Balaban J connectivity index is 1.71. The molecule has 0 aromatic rings. The fraction of sp³-hybridized carbons (Fsp3) is 0.800. The molecule has 184 valence electrons. The van der Waals surface area contributed by atoms with E-state index < -0.39 is 42.2 Å². The van der Waals surface area contributed by atoms with Crippen LogP contribution in [0.1, 0.15) is 72.6 Å². The summed E-state index contributed by atoms with van der Waals surface area (Å²) in [6.07, 6.45) is 3.26. The van der Waals surface area contributed by atoms with E-state index in [9.17, 15) is 23.9 Å². The van der Waals surface area contributed by atoms with Crippen molar-refractivity contribution in [3.8, 4) is 0 Å². The molecule has 4 rings (SSSR count). The summed E-state index contributed by atoms with van der Waals surface area (Å²) in [6.45, 7) is 6.02. The number of aliphatic hydroxyl groups is 1. The second-order valence-electron chi connectivity index (χ2n) is 11.0. The summed E-state index contributed by atoms with van der Waals surface area (Å²) in [5, 5.41) is 11.5. The minimum atomic E-state index is -1.72. The topological polar surface area (TPSA) is 99.1 Å². The Hall–Kier alpha value is -1.96. The number of hydrogen-bond donors (Lipinski definition) is 1. The first-order valence-corrected chi connectivity index (χ1v) is 12.0. The standard InChI is InChI=1S/C25H35FO7/c1-14(2)32-22(30)33-25(21(29)31-13-26)10-8-18-17-6-5-15-11-16(27)7-9-23(15,3)20(17)19(28)12-24(18,25)4/h11,14,17-20,28H,5-10,12-13H2,1-4H3/t17-,18-,19-,20+,23-,24-,25-/m0/s1. The average Bonchev–Trinajstić information content (AvgIpc) is 3.00. The quantitative estimate of drug-likeness (QED) is 0.618. The van der Waals surface area contributed by atoms with Crippen LogP contribution in [0.4, 0.5) is 9.18 Å². The number of ketones is 1. The summed E-state index contributed by atoms with van der Waals surface area (Å²) in [5.41, 5.74) is -1.82. The van der Waals surface area contributed by atoms with Crippen molar-refractivity contribution in [3.05, 3.63) is 11.6 Å². The molecule has 0 saturated heterocycles. The number of allylic oxidation sites excluding steroid dienone is 1. The molecule has 0 heterocycles. The highest BCUT2D eigenvalue weighted by molar-refractivity contribution is 5.91. The Kier molecular flexibility index (Phi) is 6.13. The van der Waals surface area contributed by atoms with Crippen LogP contribution in [0.5, 0.6) is 0 Å². The zero-order valence-corrected chi connectivity index (χ0v) is 19.9.